The minimum absolute atomic E-state index is 0.0337. The van der Waals surface area contributed by atoms with Crippen molar-refractivity contribution in [2.75, 3.05) is 19.7 Å². The molecule has 2 N–H and O–H groups in total. The molecule has 1 aromatic carbocycles. The summed E-state index contributed by atoms with van der Waals surface area (Å²) in [4.78, 5) is 0. The summed E-state index contributed by atoms with van der Waals surface area (Å²) in [6.07, 6.45) is 1.61. The molecule has 0 aliphatic carbocycles. The highest BCUT2D eigenvalue weighted by atomic mass is 16.5. The van der Waals surface area contributed by atoms with Crippen molar-refractivity contribution in [3.63, 3.8) is 0 Å². The summed E-state index contributed by atoms with van der Waals surface area (Å²) in [5, 5.41) is 13.1. The number of aliphatic hydroxyl groups is 1. The molecule has 3 nitrogen and oxygen atoms in total. The molecular formula is C18H31NO2. The van der Waals surface area contributed by atoms with Crippen molar-refractivity contribution >= 4 is 0 Å². The van der Waals surface area contributed by atoms with Crippen LogP contribution in [0.1, 0.15) is 52.2 Å². The smallest absolute Gasteiger partial charge is 0.123 e. The van der Waals surface area contributed by atoms with E-state index in [4.69, 9.17) is 4.74 Å². The molecule has 0 aliphatic rings. The predicted molar refractivity (Wildman–Crippen MR) is 89.2 cm³/mol. The van der Waals surface area contributed by atoms with Gasteiger partial charge in [0.2, 0.25) is 0 Å². The van der Waals surface area contributed by atoms with E-state index in [0.717, 1.165) is 25.1 Å². The zero-order valence-corrected chi connectivity index (χ0v) is 14.2. The maximum Gasteiger partial charge on any atom is 0.123 e. The van der Waals surface area contributed by atoms with Crippen molar-refractivity contribution in [3.05, 3.63) is 29.3 Å². The fourth-order valence-electron chi connectivity index (χ4n) is 2.20. The van der Waals surface area contributed by atoms with Gasteiger partial charge in [-0.1, -0.05) is 46.8 Å². The summed E-state index contributed by atoms with van der Waals surface area (Å²) in [5.74, 6) is 0.884. The molecule has 1 atom stereocenters. The molecule has 0 bridgehead atoms. The Kier molecular flexibility index (Phi) is 7.20. The van der Waals surface area contributed by atoms with E-state index in [-0.39, 0.29) is 5.41 Å². The molecule has 0 aliphatic heterocycles. The zero-order chi connectivity index (χ0) is 15.9. The van der Waals surface area contributed by atoms with E-state index in [1.807, 2.05) is 6.07 Å². The van der Waals surface area contributed by atoms with E-state index in [9.17, 15) is 5.11 Å². The molecule has 0 radical (unpaired) electrons. The van der Waals surface area contributed by atoms with E-state index in [0.29, 0.717) is 13.2 Å². The van der Waals surface area contributed by atoms with Gasteiger partial charge in [-0.3, -0.25) is 0 Å². The van der Waals surface area contributed by atoms with Crippen LogP contribution < -0.4 is 10.1 Å². The molecule has 0 aromatic heterocycles. The second-order valence-electron chi connectivity index (χ2n) is 6.60. The highest BCUT2D eigenvalue weighted by molar-refractivity contribution is 5.41. The van der Waals surface area contributed by atoms with Gasteiger partial charge < -0.3 is 15.2 Å². The Bertz CT molecular complexity index is 424. The Balaban J connectivity index is 2.70. The minimum atomic E-state index is -0.477. The lowest BCUT2D eigenvalue weighted by atomic mass is 9.85. The average molecular weight is 293 g/mol. The molecule has 21 heavy (non-hydrogen) atoms. The Labute approximate surface area is 129 Å². The normalized spacial score (nSPS) is 13.2. The summed E-state index contributed by atoms with van der Waals surface area (Å²) in [5.41, 5.74) is 2.55. The van der Waals surface area contributed by atoms with Crippen molar-refractivity contribution in [2.45, 2.75) is 59.0 Å². The fraction of sp³-hybridized carbons (Fsp3) is 0.667. The lowest BCUT2D eigenvalue weighted by molar-refractivity contribution is 0.105. The van der Waals surface area contributed by atoms with Gasteiger partial charge >= 0.3 is 0 Å². The summed E-state index contributed by atoms with van der Waals surface area (Å²) in [7, 11) is 0. The number of rotatable bonds is 8. The van der Waals surface area contributed by atoms with Crippen LogP contribution in [0.25, 0.3) is 0 Å². The maximum absolute atomic E-state index is 9.94. The molecule has 0 spiro atoms. The Morgan fingerprint density at radius 3 is 2.52 bits per heavy atom. The number of ether oxygens (including phenoxy) is 1. The number of hydrogen-bond donors (Lipinski definition) is 2. The van der Waals surface area contributed by atoms with Crippen molar-refractivity contribution in [1.29, 1.82) is 0 Å². The van der Waals surface area contributed by atoms with Crippen LogP contribution in [0.15, 0.2) is 18.2 Å². The second-order valence-corrected chi connectivity index (χ2v) is 6.60. The number of hydrogen-bond acceptors (Lipinski definition) is 3. The van der Waals surface area contributed by atoms with Gasteiger partial charge in [-0.25, -0.2) is 0 Å². The molecule has 1 rings (SSSR count). The average Bonchev–Trinajstić information content (AvgIpc) is 2.44. The van der Waals surface area contributed by atoms with Gasteiger partial charge in [-0.2, -0.15) is 0 Å². The van der Waals surface area contributed by atoms with Crippen LogP contribution in [0.5, 0.6) is 5.75 Å². The molecule has 0 saturated heterocycles. The molecule has 120 valence electrons. The number of nitrogens with one attached hydrogen (secondary N) is 1. The minimum Gasteiger partial charge on any atom is -0.491 e. The van der Waals surface area contributed by atoms with Crippen LogP contribution in [-0.2, 0) is 11.8 Å². The first-order valence-corrected chi connectivity index (χ1v) is 8.03. The van der Waals surface area contributed by atoms with Gasteiger partial charge in [0.05, 0.1) is 0 Å². The maximum atomic E-state index is 9.94. The monoisotopic (exact) mass is 293 g/mol. The molecule has 1 unspecified atom stereocenters. The summed E-state index contributed by atoms with van der Waals surface area (Å²) >= 11 is 0. The van der Waals surface area contributed by atoms with Crippen molar-refractivity contribution in [2.24, 2.45) is 0 Å². The summed E-state index contributed by atoms with van der Waals surface area (Å²) in [6.45, 7) is 12.7. The zero-order valence-electron chi connectivity index (χ0n) is 14.2. The van der Waals surface area contributed by atoms with Gasteiger partial charge in [0, 0.05) is 6.54 Å². The highest BCUT2D eigenvalue weighted by Gasteiger charge is 2.20. The lowest BCUT2D eigenvalue weighted by Crippen LogP contribution is -2.32. The first-order chi connectivity index (χ1) is 9.88. The van der Waals surface area contributed by atoms with Gasteiger partial charge in [-0.05, 0) is 42.0 Å². The van der Waals surface area contributed by atoms with Crippen molar-refractivity contribution in [3.8, 4) is 5.75 Å². The van der Waals surface area contributed by atoms with Crippen LogP contribution in [0, 0.1) is 0 Å². The van der Waals surface area contributed by atoms with Crippen molar-refractivity contribution in [1.82, 2.24) is 5.32 Å². The van der Waals surface area contributed by atoms with Gasteiger partial charge in [-0.15, -0.1) is 0 Å². The van der Waals surface area contributed by atoms with E-state index in [2.05, 4.69) is 52.1 Å². The first kappa shape index (κ1) is 18.0. The van der Waals surface area contributed by atoms with Crippen LogP contribution in [0.2, 0.25) is 0 Å². The largest absolute Gasteiger partial charge is 0.491 e. The topological polar surface area (TPSA) is 41.5 Å². The predicted octanol–water partition coefficient (Wildman–Crippen LogP) is 3.29. The van der Waals surface area contributed by atoms with E-state index < -0.39 is 6.10 Å². The first-order valence-electron chi connectivity index (χ1n) is 8.03. The third-order valence-electron chi connectivity index (χ3n) is 3.50. The van der Waals surface area contributed by atoms with Crippen LogP contribution in [0.4, 0.5) is 0 Å². The Morgan fingerprint density at radius 1 is 1.24 bits per heavy atom. The van der Waals surface area contributed by atoms with E-state index in [1.165, 1.54) is 11.1 Å². The molecular weight excluding hydrogens is 262 g/mol. The van der Waals surface area contributed by atoms with Crippen molar-refractivity contribution < 1.29 is 9.84 Å². The molecule has 3 heteroatoms. The standard InChI is InChI=1S/C18H31NO2/c1-6-10-19-12-15(20)13-21-17-9-8-14(7-2)11-16(17)18(3,4)5/h8-9,11,15,19-20H,6-7,10,12-13H2,1-5H3. The molecule has 0 amide bonds. The van der Waals surface area contributed by atoms with Gasteiger partial charge in [0.15, 0.2) is 0 Å². The number of benzene rings is 1. The number of aliphatic hydroxyl groups excluding tert-OH is 1. The number of aryl methyl sites for hydroxylation is 1. The summed E-state index contributed by atoms with van der Waals surface area (Å²) in [6, 6.07) is 6.36. The third kappa shape index (κ3) is 6.06. The summed E-state index contributed by atoms with van der Waals surface area (Å²) < 4.78 is 5.87. The molecule has 1 aromatic rings. The third-order valence-corrected chi connectivity index (χ3v) is 3.50. The fourth-order valence-corrected chi connectivity index (χ4v) is 2.20. The molecule has 0 heterocycles. The quantitative estimate of drug-likeness (QED) is 0.723. The van der Waals surface area contributed by atoms with Gasteiger partial charge in [0.25, 0.3) is 0 Å². The van der Waals surface area contributed by atoms with Crippen LogP contribution >= 0.6 is 0 Å². The van der Waals surface area contributed by atoms with Crippen LogP contribution in [0.3, 0.4) is 0 Å². The molecule has 0 saturated carbocycles. The van der Waals surface area contributed by atoms with Gasteiger partial charge in [0.1, 0.15) is 18.5 Å². The Hall–Kier alpha value is -1.06. The van der Waals surface area contributed by atoms with E-state index >= 15 is 0 Å². The lowest BCUT2D eigenvalue weighted by Gasteiger charge is -2.24. The van der Waals surface area contributed by atoms with E-state index in [1.54, 1.807) is 0 Å². The SMILES string of the molecule is CCCNCC(O)COc1ccc(CC)cc1C(C)(C)C. The van der Waals surface area contributed by atoms with Crippen LogP contribution in [-0.4, -0.2) is 30.9 Å². The highest BCUT2D eigenvalue weighted by Crippen LogP contribution is 2.32. The Morgan fingerprint density at radius 2 is 1.95 bits per heavy atom. The second kappa shape index (κ2) is 8.40. The molecule has 0 fully saturated rings.